The van der Waals surface area contributed by atoms with Gasteiger partial charge in [-0.3, -0.25) is 14.6 Å². The van der Waals surface area contributed by atoms with E-state index < -0.39 is 12.1 Å². The minimum atomic E-state index is -0.646. The second-order valence-corrected chi connectivity index (χ2v) is 3.57. The maximum Gasteiger partial charge on any atom is 0.333 e. The van der Waals surface area contributed by atoms with E-state index in [0.717, 1.165) is 4.90 Å². The zero-order valence-corrected chi connectivity index (χ0v) is 8.91. The van der Waals surface area contributed by atoms with E-state index in [2.05, 4.69) is 4.99 Å². The number of hydrogen-bond acceptors (Lipinski definition) is 4. The average molecular weight is 220 g/mol. The second kappa shape index (κ2) is 3.41. The van der Waals surface area contributed by atoms with Crippen LogP contribution in [-0.4, -0.2) is 65.2 Å². The lowest BCUT2D eigenvalue weighted by molar-refractivity contribution is -0.519. The molecule has 1 saturated heterocycles. The molecule has 0 saturated carbocycles. The number of rotatable bonds is 1. The smallest absolute Gasteiger partial charge is 0.269 e. The number of nitriles is 1. The van der Waals surface area contributed by atoms with E-state index >= 15 is 0 Å². The third kappa shape index (κ3) is 1.20. The van der Waals surface area contributed by atoms with Crippen molar-refractivity contribution in [3.8, 4) is 6.07 Å². The number of aliphatic imine (C=N–C) groups is 1. The number of likely N-dealkylation sites (N-methyl/N-ethyl adjacent to an activating group) is 2. The van der Waals surface area contributed by atoms with Crippen molar-refractivity contribution in [2.75, 3.05) is 20.6 Å². The summed E-state index contributed by atoms with van der Waals surface area (Å²) < 4.78 is 1.51. The van der Waals surface area contributed by atoms with Crippen molar-refractivity contribution in [2.24, 2.45) is 4.99 Å². The number of imide groups is 1. The third-order valence-electron chi connectivity index (χ3n) is 2.65. The highest BCUT2D eigenvalue weighted by Gasteiger charge is 2.50. The van der Waals surface area contributed by atoms with Gasteiger partial charge in [-0.2, -0.15) is 5.26 Å². The first-order valence-electron chi connectivity index (χ1n) is 4.67. The Morgan fingerprint density at radius 3 is 2.81 bits per heavy atom. The highest BCUT2D eigenvalue weighted by atomic mass is 16.2. The number of carbonyl (C=O) groups excluding carboxylic acids is 2. The van der Waals surface area contributed by atoms with Gasteiger partial charge in [0.25, 0.3) is 24.1 Å². The fraction of sp³-hybridized carbons (Fsp3) is 0.444. The molecule has 2 aliphatic heterocycles. The molecule has 7 heteroatoms. The van der Waals surface area contributed by atoms with E-state index in [1.807, 2.05) is 6.07 Å². The first-order valence-corrected chi connectivity index (χ1v) is 4.67. The molecular weight excluding hydrogens is 210 g/mol. The molecule has 0 radical (unpaired) electrons. The highest BCUT2D eigenvalue weighted by molar-refractivity contribution is 6.21. The van der Waals surface area contributed by atoms with Crippen LogP contribution >= 0.6 is 0 Å². The van der Waals surface area contributed by atoms with Crippen molar-refractivity contribution >= 4 is 24.1 Å². The Morgan fingerprint density at radius 2 is 2.19 bits per heavy atom. The molecule has 2 heterocycles. The molecule has 0 aromatic heterocycles. The lowest BCUT2D eigenvalue weighted by atomic mass is 10.1. The van der Waals surface area contributed by atoms with Crippen molar-refractivity contribution in [3.05, 3.63) is 0 Å². The van der Waals surface area contributed by atoms with Gasteiger partial charge in [-0.15, -0.1) is 0 Å². The number of amidine groups is 1. The Balaban J connectivity index is 2.37. The topological polar surface area (TPSA) is 79.8 Å². The summed E-state index contributed by atoms with van der Waals surface area (Å²) in [6.07, 6.45) is 1.42. The van der Waals surface area contributed by atoms with Crippen LogP contribution in [0, 0.1) is 11.3 Å². The standard InChI is InChI=1S/C9H10N5O2/c1-12-7-6(8(15)13(2)9(12)16)14(4-3-10)5-11-7/h5-6H,4H2,1-2H3/q+1. The number of nitrogens with zero attached hydrogens (tertiary/aromatic N) is 5. The maximum absolute atomic E-state index is 11.9. The molecule has 0 aromatic rings. The zero-order chi connectivity index (χ0) is 11.9. The molecule has 82 valence electrons. The van der Waals surface area contributed by atoms with Crippen LogP contribution in [0.25, 0.3) is 0 Å². The molecule has 0 spiro atoms. The van der Waals surface area contributed by atoms with E-state index in [9.17, 15) is 9.59 Å². The molecule has 2 aliphatic rings. The predicted molar refractivity (Wildman–Crippen MR) is 54.0 cm³/mol. The van der Waals surface area contributed by atoms with Gasteiger partial charge in [-0.25, -0.2) is 9.37 Å². The molecule has 0 aliphatic carbocycles. The lowest BCUT2D eigenvalue weighted by Gasteiger charge is -2.30. The summed E-state index contributed by atoms with van der Waals surface area (Å²) in [5.41, 5.74) is 0. The third-order valence-corrected chi connectivity index (χ3v) is 2.65. The molecule has 1 unspecified atom stereocenters. The molecule has 1 atom stereocenters. The van der Waals surface area contributed by atoms with Gasteiger partial charge >= 0.3 is 6.03 Å². The summed E-state index contributed by atoms with van der Waals surface area (Å²) in [5.74, 6) is 0.0224. The van der Waals surface area contributed by atoms with Crippen LogP contribution in [0.3, 0.4) is 0 Å². The number of fused-ring (bicyclic) bond motifs is 1. The molecule has 3 amide bonds. The van der Waals surface area contributed by atoms with Crippen LogP contribution in [0.1, 0.15) is 0 Å². The van der Waals surface area contributed by atoms with E-state index in [0.29, 0.717) is 5.84 Å². The van der Waals surface area contributed by atoms with Crippen LogP contribution in [0.5, 0.6) is 0 Å². The van der Waals surface area contributed by atoms with Crippen molar-refractivity contribution in [1.29, 1.82) is 5.26 Å². The van der Waals surface area contributed by atoms with Crippen molar-refractivity contribution < 1.29 is 14.2 Å². The molecule has 1 fully saturated rings. The van der Waals surface area contributed by atoms with Crippen LogP contribution in [0.15, 0.2) is 4.99 Å². The molecule has 2 rings (SSSR count). The van der Waals surface area contributed by atoms with Gasteiger partial charge in [0.15, 0.2) is 6.54 Å². The zero-order valence-electron chi connectivity index (χ0n) is 8.91. The predicted octanol–water partition coefficient (Wildman–Crippen LogP) is -1.14. The summed E-state index contributed by atoms with van der Waals surface area (Å²) in [7, 11) is 2.97. The van der Waals surface area contributed by atoms with Gasteiger partial charge in [0, 0.05) is 14.1 Å². The molecule has 0 N–H and O–H groups in total. The maximum atomic E-state index is 11.9. The first kappa shape index (κ1) is 10.3. The van der Waals surface area contributed by atoms with Crippen molar-refractivity contribution in [1.82, 2.24) is 9.80 Å². The summed E-state index contributed by atoms with van der Waals surface area (Å²) in [5, 5.41) is 8.62. The van der Waals surface area contributed by atoms with Crippen LogP contribution in [0.4, 0.5) is 4.79 Å². The van der Waals surface area contributed by atoms with Gasteiger partial charge in [-0.05, 0) is 4.99 Å². The Bertz CT molecular complexity index is 473. The summed E-state index contributed by atoms with van der Waals surface area (Å²) in [6.45, 7) is 0.0687. The second-order valence-electron chi connectivity index (χ2n) is 3.57. The Labute approximate surface area is 91.9 Å². The molecule has 0 aromatic carbocycles. The SMILES string of the molecule is CN1C(=O)C2C(=NC=[N+]2CC#N)N(C)C1=O. The van der Waals surface area contributed by atoms with E-state index in [4.69, 9.17) is 5.26 Å². The summed E-state index contributed by atoms with van der Waals surface area (Å²) in [4.78, 5) is 29.8. The Kier molecular flexibility index (Phi) is 2.20. The van der Waals surface area contributed by atoms with Gasteiger partial charge in [-0.1, -0.05) is 0 Å². The highest BCUT2D eigenvalue weighted by Crippen LogP contribution is 2.15. The van der Waals surface area contributed by atoms with Crippen molar-refractivity contribution in [2.45, 2.75) is 6.04 Å². The average Bonchev–Trinajstić information content (AvgIpc) is 2.68. The van der Waals surface area contributed by atoms with E-state index in [-0.39, 0.29) is 12.5 Å². The van der Waals surface area contributed by atoms with Gasteiger partial charge in [0.05, 0.1) is 0 Å². The first-order chi connectivity index (χ1) is 7.57. The lowest BCUT2D eigenvalue weighted by Crippen LogP contribution is -2.61. The summed E-state index contributed by atoms with van der Waals surface area (Å²) >= 11 is 0. The largest absolute Gasteiger partial charge is 0.333 e. The number of carbonyl (C=O) groups is 2. The fourth-order valence-electron chi connectivity index (χ4n) is 1.76. The minimum absolute atomic E-state index is 0.0687. The Morgan fingerprint density at radius 1 is 1.50 bits per heavy atom. The van der Waals surface area contributed by atoms with Crippen LogP contribution in [-0.2, 0) is 4.79 Å². The van der Waals surface area contributed by atoms with Gasteiger partial charge in [0.1, 0.15) is 6.07 Å². The van der Waals surface area contributed by atoms with E-state index in [1.54, 1.807) is 7.05 Å². The van der Waals surface area contributed by atoms with Gasteiger partial charge < -0.3 is 0 Å². The number of amides is 3. The molecular formula is C9H10N5O2+. The van der Waals surface area contributed by atoms with Gasteiger partial charge in [0.2, 0.25) is 0 Å². The normalized spacial score (nSPS) is 23.9. The van der Waals surface area contributed by atoms with Crippen LogP contribution in [0.2, 0.25) is 0 Å². The minimum Gasteiger partial charge on any atom is -0.269 e. The Hall–Kier alpha value is -2.23. The molecule has 7 nitrogen and oxygen atoms in total. The fourth-order valence-corrected chi connectivity index (χ4v) is 1.76. The number of hydrogen-bond donors (Lipinski definition) is 0. The quantitative estimate of drug-likeness (QED) is 0.413. The number of urea groups is 1. The molecule has 16 heavy (non-hydrogen) atoms. The van der Waals surface area contributed by atoms with E-state index in [1.165, 1.54) is 22.9 Å². The molecule has 0 bridgehead atoms. The monoisotopic (exact) mass is 220 g/mol. The summed E-state index contributed by atoms with van der Waals surface area (Å²) in [6, 6.07) is 0.895. The van der Waals surface area contributed by atoms with Crippen LogP contribution < -0.4 is 0 Å². The van der Waals surface area contributed by atoms with Crippen molar-refractivity contribution in [3.63, 3.8) is 0 Å².